The molecule has 13 heteroatoms. The third-order valence-corrected chi connectivity index (χ3v) is 7.02. The van der Waals surface area contributed by atoms with E-state index in [2.05, 4.69) is 25.3 Å². The summed E-state index contributed by atoms with van der Waals surface area (Å²) < 4.78 is 45.2. The van der Waals surface area contributed by atoms with Crippen LogP contribution in [-0.2, 0) is 19.6 Å². The SMILES string of the molecule is Cn1ccc(-c2ccc3c(C(=O)N4CCc5[nH]cnc5[C@@H]4c4cc5cccc(C(F)(F)F)n5n4)cnn3c2)n1. The fourth-order valence-electron chi connectivity index (χ4n) is 5.20. The largest absolute Gasteiger partial charge is 0.433 e. The van der Waals surface area contributed by atoms with Crippen molar-refractivity contribution in [1.82, 2.24) is 43.9 Å². The zero-order valence-corrected chi connectivity index (χ0v) is 20.5. The summed E-state index contributed by atoms with van der Waals surface area (Å²) in [5.74, 6) is -0.317. The average Bonchev–Trinajstić information content (AvgIpc) is 3.71. The standard InChI is InChI=1S/C26H20F3N9O/c1-35-9-7-18(33-35)15-5-6-21-17(12-32-37(21)13-15)25(39)36-10-8-19-23(31-14-30-19)24(36)20-11-16-3-2-4-22(26(27,28)29)38(16)34-20/h2-7,9,11-14,24H,8,10H2,1H3,(H,30,31)/t24-/m0/s1. The lowest BCUT2D eigenvalue weighted by Crippen LogP contribution is -2.41. The van der Waals surface area contributed by atoms with Gasteiger partial charge in [-0.1, -0.05) is 6.07 Å². The first-order chi connectivity index (χ1) is 18.8. The zero-order chi connectivity index (χ0) is 26.9. The molecule has 39 heavy (non-hydrogen) atoms. The lowest BCUT2D eigenvalue weighted by atomic mass is 9.98. The van der Waals surface area contributed by atoms with Gasteiger partial charge in [0.1, 0.15) is 11.7 Å². The average molecular weight is 532 g/mol. The maximum Gasteiger partial charge on any atom is 0.433 e. The lowest BCUT2D eigenvalue weighted by Gasteiger charge is -2.33. The highest BCUT2D eigenvalue weighted by molar-refractivity contribution is 6.01. The molecule has 0 aromatic carbocycles. The van der Waals surface area contributed by atoms with Crippen LogP contribution in [0, 0.1) is 0 Å². The van der Waals surface area contributed by atoms with E-state index in [0.29, 0.717) is 35.4 Å². The number of carbonyl (C=O) groups excluding carboxylic acids is 1. The Morgan fingerprint density at radius 3 is 2.79 bits per heavy atom. The van der Waals surface area contributed by atoms with Crippen molar-refractivity contribution in [1.29, 1.82) is 0 Å². The van der Waals surface area contributed by atoms with Crippen molar-refractivity contribution in [3.63, 3.8) is 0 Å². The first kappa shape index (κ1) is 23.2. The van der Waals surface area contributed by atoms with Gasteiger partial charge in [-0.05, 0) is 36.4 Å². The van der Waals surface area contributed by atoms with Crippen LogP contribution in [0.1, 0.15) is 39.2 Å². The Bertz CT molecular complexity index is 1880. The van der Waals surface area contributed by atoms with Crippen LogP contribution in [0.25, 0.3) is 22.3 Å². The quantitative estimate of drug-likeness (QED) is 0.373. The topological polar surface area (TPSA) is 101 Å². The van der Waals surface area contributed by atoms with Gasteiger partial charge in [-0.15, -0.1) is 0 Å². The maximum atomic E-state index is 14.0. The number of halogens is 3. The molecule has 0 spiro atoms. The molecule has 1 aliphatic rings. The number of H-pyrrole nitrogens is 1. The fraction of sp³-hybridized carbons (Fsp3) is 0.192. The number of alkyl halides is 3. The zero-order valence-electron chi connectivity index (χ0n) is 20.5. The summed E-state index contributed by atoms with van der Waals surface area (Å²) >= 11 is 0. The summed E-state index contributed by atoms with van der Waals surface area (Å²) in [4.78, 5) is 23.1. The Morgan fingerprint density at radius 1 is 1.13 bits per heavy atom. The number of hydrogen-bond donors (Lipinski definition) is 1. The van der Waals surface area contributed by atoms with Crippen molar-refractivity contribution in [2.75, 3.05) is 6.54 Å². The smallest absolute Gasteiger partial charge is 0.348 e. The molecule has 7 rings (SSSR count). The molecule has 0 unspecified atom stereocenters. The van der Waals surface area contributed by atoms with Crippen molar-refractivity contribution in [2.24, 2.45) is 7.05 Å². The summed E-state index contributed by atoms with van der Waals surface area (Å²) in [6.45, 7) is 0.321. The van der Waals surface area contributed by atoms with E-state index in [1.807, 2.05) is 31.4 Å². The minimum absolute atomic E-state index is 0.271. The second-order valence-corrected chi connectivity index (χ2v) is 9.41. The molecule has 1 atom stereocenters. The van der Waals surface area contributed by atoms with Crippen LogP contribution < -0.4 is 0 Å². The molecule has 196 valence electrons. The van der Waals surface area contributed by atoms with Crippen LogP contribution >= 0.6 is 0 Å². The number of pyridine rings is 2. The molecule has 10 nitrogen and oxygen atoms in total. The number of carbonyl (C=O) groups is 1. The van der Waals surface area contributed by atoms with Crippen molar-refractivity contribution in [3.05, 3.63) is 95.7 Å². The number of rotatable bonds is 3. The number of fused-ring (bicyclic) bond motifs is 3. The molecular weight excluding hydrogens is 511 g/mol. The Balaban J connectivity index is 1.31. The van der Waals surface area contributed by atoms with Gasteiger partial charge in [0.05, 0.1) is 46.2 Å². The van der Waals surface area contributed by atoms with Crippen LogP contribution in [0.3, 0.4) is 0 Å². The number of amides is 1. The molecule has 0 saturated heterocycles. The minimum Gasteiger partial charge on any atom is -0.348 e. The highest BCUT2D eigenvalue weighted by Gasteiger charge is 2.39. The fourth-order valence-corrected chi connectivity index (χ4v) is 5.20. The van der Waals surface area contributed by atoms with E-state index >= 15 is 0 Å². The highest BCUT2D eigenvalue weighted by atomic mass is 19.4. The summed E-state index contributed by atoms with van der Waals surface area (Å²) in [5, 5.41) is 13.1. The van der Waals surface area contributed by atoms with Gasteiger partial charge in [0.25, 0.3) is 5.91 Å². The summed E-state index contributed by atoms with van der Waals surface area (Å²) in [5.41, 5.74) is 3.62. The Kier molecular flexibility index (Phi) is 4.93. The van der Waals surface area contributed by atoms with Gasteiger partial charge in [0.15, 0.2) is 0 Å². The van der Waals surface area contributed by atoms with Gasteiger partial charge in [-0.25, -0.2) is 14.0 Å². The number of nitrogens with one attached hydrogen (secondary N) is 1. The Hall–Kier alpha value is -4.94. The molecule has 0 radical (unpaired) electrons. The van der Waals surface area contributed by atoms with Gasteiger partial charge >= 0.3 is 6.18 Å². The summed E-state index contributed by atoms with van der Waals surface area (Å²) in [6.07, 6.45) is 2.60. The molecule has 0 fully saturated rings. The van der Waals surface area contributed by atoms with E-state index in [1.165, 1.54) is 18.6 Å². The van der Waals surface area contributed by atoms with Crippen molar-refractivity contribution in [2.45, 2.75) is 18.6 Å². The molecule has 7 heterocycles. The van der Waals surface area contributed by atoms with Crippen LogP contribution in [0.15, 0.2) is 67.4 Å². The number of nitrogens with zero attached hydrogens (tertiary/aromatic N) is 8. The molecule has 1 amide bonds. The van der Waals surface area contributed by atoms with Gasteiger partial charge in [-0.2, -0.15) is 28.5 Å². The van der Waals surface area contributed by atoms with E-state index in [9.17, 15) is 18.0 Å². The first-order valence-electron chi connectivity index (χ1n) is 12.1. The monoisotopic (exact) mass is 531 g/mol. The lowest BCUT2D eigenvalue weighted by molar-refractivity contribution is -0.142. The molecule has 0 aliphatic carbocycles. The molecule has 6 aromatic rings. The van der Waals surface area contributed by atoms with Crippen LogP contribution in [0.4, 0.5) is 13.2 Å². The predicted molar refractivity (Wildman–Crippen MR) is 133 cm³/mol. The molecule has 1 N–H and O–H groups in total. The van der Waals surface area contributed by atoms with Gasteiger partial charge in [-0.3, -0.25) is 9.48 Å². The third-order valence-electron chi connectivity index (χ3n) is 7.02. The predicted octanol–water partition coefficient (Wildman–Crippen LogP) is 3.91. The van der Waals surface area contributed by atoms with E-state index in [0.717, 1.165) is 27.5 Å². The number of aromatic amines is 1. The van der Waals surface area contributed by atoms with E-state index in [1.54, 1.807) is 32.4 Å². The Labute approximate surface area is 218 Å². The second-order valence-electron chi connectivity index (χ2n) is 9.41. The van der Waals surface area contributed by atoms with Gasteiger partial charge in [0, 0.05) is 43.7 Å². The van der Waals surface area contributed by atoms with Crippen LogP contribution in [0.2, 0.25) is 0 Å². The van der Waals surface area contributed by atoms with Crippen molar-refractivity contribution >= 4 is 16.9 Å². The minimum atomic E-state index is -4.59. The van der Waals surface area contributed by atoms with E-state index < -0.39 is 17.9 Å². The third kappa shape index (κ3) is 3.68. The van der Waals surface area contributed by atoms with E-state index in [4.69, 9.17) is 0 Å². The van der Waals surface area contributed by atoms with Gasteiger partial charge in [0.2, 0.25) is 0 Å². The number of aromatic nitrogens is 8. The first-order valence-corrected chi connectivity index (χ1v) is 12.1. The number of imidazole rings is 1. The molecule has 0 saturated carbocycles. The summed E-state index contributed by atoms with van der Waals surface area (Å²) in [6, 6.07) is 10.2. The molecule has 0 bridgehead atoms. The summed E-state index contributed by atoms with van der Waals surface area (Å²) in [7, 11) is 1.83. The van der Waals surface area contributed by atoms with Crippen LogP contribution in [0.5, 0.6) is 0 Å². The Morgan fingerprint density at radius 2 is 2.00 bits per heavy atom. The second kappa shape index (κ2) is 8.28. The van der Waals surface area contributed by atoms with Crippen molar-refractivity contribution < 1.29 is 18.0 Å². The van der Waals surface area contributed by atoms with Gasteiger partial charge < -0.3 is 9.88 Å². The van der Waals surface area contributed by atoms with E-state index in [-0.39, 0.29) is 11.4 Å². The maximum absolute atomic E-state index is 14.0. The molecule has 6 aromatic heterocycles. The van der Waals surface area contributed by atoms with Crippen molar-refractivity contribution in [3.8, 4) is 11.3 Å². The molecular formula is C26H20F3N9O. The number of hydrogen-bond acceptors (Lipinski definition) is 5. The van der Waals surface area contributed by atoms with Crippen LogP contribution in [-0.4, -0.2) is 56.3 Å². The number of aryl methyl sites for hydroxylation is 1. The highest BCUT2D eigenvalue weighted by Crippen LogP contribution is 2.36. The molecule has 1 aliphatic heterocycles. The normalized spacial score (nSPS) is 15.8.